The molecule has 53 heavy (non-hydrogen) atoms. The molecule has 5 aromatic carbocycles. The molecule has 0 aliphatic heterocycles. The third-order valence-electron chi connectivity index (χ3n) is 7.66. The minimum Gasteiger partial charge on any atom is -0.550 e. The molecule has 0 atom stereocenters. The zero-order chi connectivity index (χ0) is 38.6. The summed E-state index contributed by atoms with van der Waals surface area (Å²) in [7, 11) is 0. The summed E-state index contributed by atoms with van der Waals surface area (Å²) >= 11 is 0. The van der Waals surface area contributed by atoms with Crippen LogP contribution in [0.3, 0.4) is 0 Å². The van der Waals surface area contributed by atoms with Gasteiger partial charge < -0.3 is 30.0 Å². The Bertz CT molecular complexity index is 1870. The minimum atomic E-state index is -1.08. The van der Waals surface area contributed by atoms with Crippen LogP contribution in [0.2, 0.25) is 0 Å². The zero-order valence-corrected chi connectivity index (χ0v) is 32.3. The first-order valence-corrected chi connectivity index (χ1v) is 16.8. The van der Waals surface area contributed by atoms with Crippen LogP contribution in [0.5, 0.6) is 11.5 Å². The van der Waals surface area contributed by atoms with E-state index in [2.05, 4.69) is 87.9 Å². The summed E-state index contributed by atoms with van der Waals surface area (Å²) in [5, 5.41) is 40.1. The van der Waals surface area contributed by atoms with Crippen LogP contribution in [0.15, 0.2) is 119 Å². The number of carbonyl (C=O) groups excluding carboxylic acids is 2. The van der Waals surface area contributed by atoms with Gasteiger partial charge in [-0.15, -0.1) is 0 Å². The largest absolute Gasteiger partial charge is 2.00 e. The number of carbonyl (C=O) groups is 2. The summed E-state index contributed by atoms with van der Waals surface area (Å²) in [6, 6.07) is 36.0. The molecule has 0 aliphatic rings. The number of nitrogens with zero attached hydrogens (tertiary/aromatic N) is 2. The monoisotopic (exact) mass is 757 g/mol. The molecular formula is C44H46CoN2O6. The van der Waals surface area contributed by atoms with Gasteiger partial charge in [-0.1, -0.05) is 102 Å². The van der Waals surface area contributed by atoms with E-state index in [1.165, 1.54) is 0 Å². The molecule has 277 valence electrons. The van der Waals surface area contributed by atoms with Crippen LogP contribution < -0.4 is 10.2 Å². The number of phenols is 2. The topological polar surface area (TPSA) is 145 Å². The maximum absolute atomic E-state index is 11.1. The Kier molecular flexibility index (Phi) is 15.9. The van der Waals surface area contributed by atoms with Crippen molar-refractivity contribution in [1.82, 2.24) is 0 Å². The van der Waals surface area contributed by atoms with E-state index in [-0.39, 0.29) is 39.1 Å². The van der Waals surface area contributed by atoms with Crippen LogP contribution in [0.1, 0.15) is 77.6 Å². The molecule has 0 aromatic heterocycles. The van der Waals surface area contributed by atoms with Crippen molar-refractivity contribution in [2.75, 3.05) is 0 Å². The molecule has 0 bridgehead atoms. The van der Waals surface area contributed by atoms with Crippen molar-refractivity contribution < 1.29 is 46.8 Å². The van der Waals surface area contributed by atoms with Crippen molar-refractivity contribution in [2.24, 2.45) is 9.98 Å². The van der Waals surface area contributed by atoms with E-state index in [0.29, 0.717) is 11.1 Å². The standard InChI is InChI=1S/C40H40N2O2.2C2H4O2.Co/c1-39(2,3)35-23-29(27-13-9-7-10-14-27)21-31(37(35)43)25-41-33-17-19-34(20-18-33)42-26-32-22-30(28-15-11-8-12-16-28)24-36(38(32)44)40(4,5)6;2*1-2(3)4;/h7-26,43-44H,1-6H3;2*1H3,(H,3,4);/q;;;+2/p-2. The molecule has 1 radical (unpaired) electrons. The SMILES string of the molecule is CC(=O)[O-].CC(=O)[O-].CC(C)(C)c1cc(-c2ccccc2)cc(C=Nc2ccc(N=Cc3cc(-c4ccccc4)cc(C(C)(C)C)c3O)cc2)c1O.[Co+2]. The Balaban J connectivity index is 0.000000982. The molecule has 0 spiro atoms. The van der Waals surface area contributed by atoms with E-state index in [0.717, 1.165) is 58.6 Å². The molecule has 5 rings (SSSR count). The number of rotatable bonds is 6. The number of aliphatic imine (C=N–C) groups is 2. The van der Waals surface area contributed by atoms with Crippen molar-refractivity contribution >= 4 is 35.7 Å². The number of phenolic OH excluding ortho intramolecular Hbond substituents is 2. The Hall–Kier alpha value is -5.51. The average Bonchev–Trinajstić information content (AvgIpc) is 3.07. The van der Waals surface area contributed by atoms with Gasteiger partial charge in [-0.05, 0) is 95.5 Å². The van der Waals surface area contributed by atoms with Gasteiger partial charge in [-0.2, -0.15) is 0 Å². The van der Waals surface area contributed by atoms with E-state index in [1.54, 1.807) is 12.4 Å². The molecule has 0 saturated heterocycles. The Morgan fingerprint density at radius 3 is 1.08 bits per heavy atom. The van der Waals surface area contributed by atoms with Crippen molar-refractivity contribution in [3.8, 4) is 33.8 Å². The smallest absolute Gasteiger partial charge is 0.550 e. The zero-order valence-electron chi connectivity index (χ0n) is 31.3. The van der Waals surface area contributed by atoms with Crippen molar-refractivity contribution in [3.05, 3.63) is 131 Å². The molecule has 0 aliphatic carbocycles. The van der Waals surface area contributed by atoms with Gasteiger partial charge in [0.2, 0.25) is 0 Å². The first-order chi connectivity index (χ1) is 24.4. The first kappa shape index (κ1) is 43.6. The van der Waals surface area contributed by atoms with Crippen LogP contribution in [0.4, 0.5) is 11.4 Å². The molecule has 0 amide bonds. The number of carboxylic acids is 2. The number of aromatic hydroxyl groups is 2. The minimum absolute atomic E-state index is 0. The van der Waals surface area contributed by atoms with Gasteiger partial charge in [0.05, 0.1) is 11.4 Å². The number of benzene rings is 5. The van der Waals surface area contributed by atoms with E-state index < -0.39 is 11.9 Å². The number of hydrogen-bond acceptors (Lipinski definition) is 8. The molecule has 9 heteroatoms. The van der Waals surface area contributed by atoms with Gasteiger partial charge in [0.25, 0.3) is 0 Å². The average molecular weight is 758 g/mol. The van der Waals surface area contributed by atoms with Gasteiger partial charge in [0.15, 0.2) is 0 Å². The normalized spacial score (nSPS) is 11.2. The fourth-order valence-electron chi connectivity index (χ4n) is 5.16. The predicted octanol–water partition coefficient (Wildman–Crippen LogP) is 8.04. The van der Waals surface area contributed by atoms with Gasteiger partial charge in [0.1, 0.15) is 11.5 Å². The second kappa shape index (κ2) is 19.4. The van der Waals surface area contributed by atoms with Crippen molar-refractivity contribution in [1.29, 1.82) is 0 Å². The molecule has 8 nitrogen and oxygen atoms in total. The number of hydrogen-bond donors (Lipinski definition) is 2. The summed E-state index contributed by atoms with van der Waals surface area (Å²) < 4.78 is 0. The number of carboxylic acid groups (broad SMARTS) is 2. The van der Waals surface area contributed by atoms with Gasteiger partial charge in [0, 0.05) is 46.6 Å². The Morgan fingerprint density at radius 2 is 0.811 bits per heavy atom. The summed E-state index contributed by atoms with van der Waals surface area (Å²) in [4.78, 5) is 27.1. The van der Waals surface area contributed by atoms with Crippen LogP contribution in [0.25, 0.3) is 22.3 Å². The van der Waals surface area contributed by atoms with E-state index in [1.807, 2.05) is 72.8 Å². The van der Waals surface area contributed by atoms with E-state index in [9.17, 15) is 10.2 Å². The van der Waals surface area contributed by atoms with Gasteiger partial charge in [-0.25, -0.2) is 0 Å². The van der Waals surface area contributed by atoms with E-state index in [4.69, 9.17) is 19.8 Å². The maximum atomic E-state index is 11.1. The van der Waals surface area contributed by atoms with Crippen LogP contribution >= 0.6 is 0 Å². The fraction of sp³-hybridized carbons (Fsp3) is 0.227. The van der Waals surface area contributed by atoms with Crippen LogP contribution in [0, 0.1) is 0 Å². The van der Waals surface area contributed by atoms with E-state index >= 15 is 0 Å². The third kappa shape index (κ3) is 13.5. The summed E-state index contributed by atoms with van der Waals surface area (Å²) in [6.07, 6.45) is 3.44. The molecule has 0 fully saturated rings. The molecule has 5 aromatic rings. The second-order valence-electron chi connectivity index (χ2n) is 14.2. The van der Waals surface area contributed by atoms with Crippen molar-refractivity contribution in [2.45, 2.75) is 66.2 Å². The molecule has 0 unspecified atom stereocenters. The molecule has 0 saturated carbocycles. The quantitative estimate of drug-likeness (QED) is 0.168. The molecular weight excluding hydrogens is 711 g/mol. The first-order valence-electron chi connectivity index (χ1n) is 16.8. The van der Waals surface area contributed by atoms with Crippen LogP contribution in [-0.2, 0) is 37.2 Å². The number of aliphatic carboxylic acids is 2. The van der Waals surface area contributed by atoms with Gasteiger partial charge in [-0.3, -0.25) is 9.98 Å². The third-order valence-corrected chi connectivity index (χ3v) is 7.66. The fourth-order valence-corrected chi connectivity index (χ4v) is 5.16. The summed E-state index contributed by atoms with van der Waals surface area (Å²) in [6.45, 7) is 14.5. The Morgan fingerprint density at radius 1 is 0.528 bits per heavy atom. The second-order valence-corrected chi connectivity index (χ2v) is 14.2. The Labute approximate surface area is 322 Å². The maximum Gasteiger partial charge on any atom is 2.00 e. The summed E-state index contributed by atoms with van der Waals surface area (Å²) in [5.74, 6) is -1.68. The van der Waals surface area contributed by atoms with Crippen molar-refractivity contribution in [3.63, 3.8) is 0 Å². The molecule has 0 heterocycles. The molecule has 2 N–H and O–H groups in total. The van der Waals surface area contributed by atoms with Gasteiger partial charge >= 0.3 is 16.8 Å². The predicted molar refractivity (Wildman–Crippen MR) is 207 cm³/mol. The summed E-state index contributed by atoms with van der Waals surface area (Å²) in [5.41, 5.74) is 8.35. The van der Waals surface area contributed by atoms with Crippen LogP contribution in [-0.4, -0.2) is 34.6 Å².